The molecule has 2 heterocycles. The molecule has 2 unspecified atom stereocenters. The Hall–Kier alpha value is -2.87. The highest BCUT2D eigenvalue weighted by atomic mass is 16.1. The zero-order valence-electron chi connectivity index (χ0n) is 15.2. The van der Waals surface area contributed by atoms with E-state index in [1.807, 2.05) is 38.3 Å². The average Bonchev–Trinajstić information content (AvgIpc) is 2.65. The fraction of sp³-hybridized carbons (Fsp3) is 0.381. The summed E-state index contributed by atoms with van der Waals surface area (Å²) in [6, 6.07) is 5.90. The molecule has 2 aliphatic carbocycles. The van der Waals surface area contributed by atoms with E-state index >= 15 is 0 Å². The third-order valence-corrected chi connectivity index (χ3v) is 5.99. The first-order valence-electron chi connectivity index (χ1n) is 8.82. The lowest BCUT2D eigenvalue weighted by Gasteiger charge is -2.50. The highest BCUT2D eigenvalue weighted by Gasteiger charge is 2.54. The van der Waals surface area contributed by atoms with Crippen molar-refractivity contribution in [3.8, 4) is 17.5 Å². The summed E-state index contributed by atoms with van der Waals surface area (Å²) in [4.78, 5) is 26.3. The van der Waals surface area contributed by atoms with E-state index in [4.69, 9.17) is 4.98 Å². The lowest BCUT2D eigenvalue weighted by molar-refractivity contribution is -0.128. The lowest BCUT2D eigenvalue weighted by Crippen LogP contribution is -2.51. The van der Waals surface area contributed by atoms with Gasteiger partial charge in [0.1, 0.15) is 6.07 Å². The summed E-state index contributed by atoms with van der Waals surface area (Å²) in [6.07, 6.45) is 8.91. The van der Waals surface area contributed by atoms with Crippen molar-refractivity contribution >= 4 is 5.78 Å². The predicted octanol–water partition coefficient (Wildman–Crippen LogP) is 3.42. The molecule has 2 aromatic rings. The first kappa shape index (κ1) is 16.6. The summed E-state index contributed by atoms with van der Waals surface area (Å²) >= 11 is 0. The second-order valence-electron chi connectivity index (χ2n) is 7.90. The Balaban J connectivity index is 1.94. The van der Waals surface area contributed by atoms with E-state index in [1.54, 1.807) is 12.4 Å². The van der Waals surface area contributed by atoms with Gasteiger partial charge < -0.3 is 0 Å². The van der Waals surface area contributed by atoms with Crippen LogP contribution >= 0.6 is 0 Å². The molecule has 0 radical (unpaired) electrons. The van der Waals surface area contributed by atoms with E-state index in [9.17, 15) is 10.1 Å². The summed E-state index contributed by atoms with van der Waals surface area (Å²) in [5, 5.41) is 9.50. The van der Waals surface area contributed by atoms with Crippen LogP contribution in [-0.2, 0) is 16.6 Å². The third-order valence-electron chi connectivity index (χ3n) is 5.99. The normalized spacial score (nSPS) is 26.3. The van der Waals surface area contributed by atoms with Gasteiger partial charge in [-0.3, -0.25) is 9.78 Å². The summed E-state index contributed by atoms with van der Waals surface area (Å²) in [6.45, 7) is 6.01. The first-order valence-corrected chi connectivity index (χ1v) is 8.82. The molecule has 130 valence electrons. The van der Waals surface area contributed by atoms with E-state index in [2.05, 4.69) is 23.0 Å². The van der Waals surface area contributed by atoms with Crippen LogP contribution in [-0.4, -0.2) is 20.7 Å². The van der Waals surface area contributed by atoms with Crippen LogP contribution < -0.4 is 0 Å². The van der Waals surface area contributed by atoms with Gasteiger partial charge in [-0.15, -0.1) is 0 Å². The highest BCUT2D eigenvalue weighted by molar-refractivity contribution is 6.04. The molecule has 0 aromatic carbocycles. The van der Waals surface area contributed by atoms with Gasteiger partial charge in [0.25, 0.3) is 0 Å². The van der Waals surface area contributed by atoms with Crippen molar-refractivity contribution in [2.24, 2.45) is 11.3 Å². The van der Waals surface area contributed by atoms with Gasteiger partial charge in [-0.05, 0) is 36.5 Å². The smallest absolute Gasteiger partial charge is 0.178 e. The Kier molecular flexibility index (Phi) is 3.55. The van der Waals surface area contributed by atoms with Crippen LogP contribution in [0.1, 0.15) is 38.4 Å². The van der Waals surface area contributed by atoms with E-state index in [1.165, 1.54) is 0 Å². The fourth-order valence-corrected chi connectivity index (χ4v) is 4.69. The molecule has 0 N–H and O–H groups in total. The minimum Gasteiger partial charge on any atom is -0.293 e. The number of fused-ring (bicyclic) bond motifs is 3. The number of nitrogens with zero attached hydrogens (tertiary/aromatic N) is 4. The molecule has 0 bridgehead atoms. The molecule has 2 aromatic heterocycles. The van der Waals surface area contributed by atoms with Crippen molar-refractivity contribution in [1.29, 1.82) is 5.26 Å². The Morgan fingerprint density at radius 2 is 2.08 bits per heavy atom. The Morgan fingerprint density at radius 1 is 1.27 bits per heavy atom. The van der Waals surface area contributed by atoms with Gasteiger partial charge in [-0.1, -0.05) is 26.8 Å². The standard InChI is InChI=1S/C21H20N4O/c1-20(2)16-7-6-13-12-24-19(14-5-4-8-23-11-14)25-17(13)21(16,3)9-15(10-22)18(20)26/h4-5,8-9,11-12,16H,6-7H2,1-3H3. The van der Waals surface area contributed by atoms with Crippen molar-refractivity contribution in [2.75, 3.05) is 0 Å². The summed E-state index contributed by atoms with van der Waals surface area (Å²) in [7, 11) is 0. The zero-order valence-corrected chi connectivity index (χ0v) is 15.2. The van der Waals surface area contributed by atoms with Crippen LogP contribution in [0, 0.1) is 22.7 Å². The summed E-state index contributed by atoms with van der Waals surface area (Å²) in [5.41, 5.74) is 2.06. The van der Waals surface area contributed by atoms with Crippen molar-refractivity contribution in [3.05, 3.63) is 53.6 Å². The Bertz CT molecular complexity index is 971. The van der Waals surface area contributed by atoms with Crippen molar-refractivity contribution in [1.82, 2.24) is 15.0 Å². The number of rotatable bonds is 1. The number of aromatic nitrogens is 3. The molecule has 0 amide bonds. The van der Waals surface area contributed by atoms with Gasteiger partial charge in [0.15, 0.2) is 11.6 Å². The van der Waals surface area contributed by atoms with Gasteiger partial charge >= 0.3 is 0 Å². The quantitative estimate of drug-likeness (QED) is 0.792. The second-order valence-corrected chi connectivity index (χ2v) is 7.90. The molecule has 5 nitrogen and oxygen atoms in total. The maximum Gasteiger partial charge on any atom is 0.178 e. The molecule has 26 heavy (non-hydrogen) atoms. The molecule has 0 aliphatic heterocycles. The van der Waals surface area contributed by atoms with Crippen LogP contribution in [0.5, 0.6) is 0 Å². The number of Topliss-reactive ketones (excluding diaryl/α,β-unsaturated/α-hetero) is 1. The van der Waals surface area contributed by atoms with E-state index in [0.29, 0.717) is 5.82 Å². The van der Waals surface area contributed by atoms with Crippen molar-refractivity contribution < 1.29 is 4.79 Å². The van der Waals surface area contributed by atoms with E-state index in [0.717, 1.165) is 29.7 Å². The first-order chi connectivity index (χ1) is 12.4. The van der Waals surface area contributed by atoms with E-state index < -0.39 is 10.8 Å². The van der Waals surface area contributed by atoms with Crippen LogP contribution in [0.15, 0.2) is 42.4 Å². The molecule has 2 aliphatic rings. The molecular formula is C21H20N4O. The number of allylic oxidation sites excluding steroid dienone is 2. The monoisotopic (exact) mass is 344 g/mol. The maximum absolute atomic E-state index is 12.7. The van der Waals surface area contributed by atoms with Gasteiger partial charge in [-0.2, -0.15) is 5.26 Å². The third kappa shape index (κ3) is 2.22. The number of pyridine rings is 1. The number of nitriles is 1. The fourth-order valence-electron chi connectivity index (χ4n) is 4.69. The van der Waals surface area contributed by atoms with Gasteiger partial charge in [-0.25, -0.2) is 9.97 Å². The van der Waals surface area contributed by atoms with Crippen LogP contribution in [0.3, 0.4) is 0 Å². The molecule has 0 fully saturated rings. The van der Waals surface area contributed by atoms with Crippen molar-refractivity contribution in [3.63, 3.8) is 0 Å². The minimum absolute atomic E-state index is 0.0625. The largest absolute Gasteiger partial charge is 0.293 e. The predicted molar refractivity (Wildman–Crippen MR) is 96.9 cm³/mol. The van der Waals surface area contributed by atoms with E-state index in [-0.39, 0.29) is 17.3 Å². The van der Waals surface area contributed by atoms with Crippen LogP contribution in [0.25, 0.3) is 11.4 Å². The molecule has 5 heteroatoms. The number of hydrogen-bond acceptors (Lipinski definition) is 5. The SMILES string of the molecule is CC1(C)C(=O)C(C#N)=CC2(C)c3nc(-c4cccnc4)ncc3CCC12. The molecule has 0 spiro atoms. The van der Waals surface area contributed by atoms with Crippen LogP contribution in [0.2, 0.25) is 0 Å². The van der Waals surface area contributed by atoms with Gasteiger partial charge in [0, 0.05) is 35.0 Å². The number of carbonyl (C=O) groups excluding carboxylic acids is 1. The maximum atomic E-state index is 12.7. The number of ketones is 1. The Labute approximate surface area is 152 Å². The highest BCUT2D eigenvalue weighted by Crippen LogP contribution is 2.54. The number of aryl methyl sites for hydroxylation is 1. The molecule has 0 saturated heterocycles. The molecule has 0 saturated carbocycles. The average molecular weight is 344 g/mol. The number of hydrogen-bond donors (Lipinski definition) is 0. The topological polar surface area (TPSA) is 79.5 Å². The Morgan fingerprint density at radius 3 is 2.77 bits per heavy atom. The minimum atomic E-state index is -0.592. The lowest BCUT2D eigenvalue weighted by atomic mass is 9.52. The van der Waals surface area contributed by atoms with Crippen molar-refractivity contribution in [2.45, 2.75) is 39.0 Å². The van der Waals surface area contributed by atoms with Crippen LogP contribution in [0.4, 0.5) is 0 Å². The molecular weight excluding hydrogens is 324 g/mol. The zero-order chi connectivity index (χ0) is 18.5. The molecule has 4 rings (SSSR count). The van der Waals surface area contributed by atoms with Gasteiger partial charge in [0.2, 0.25) is 0 Å². The number of carbonyl (C=O) groups is 1. The molecule has 2 atom stereocenters. The summed E-state index contributed by atoms with van der Waals surface area (Å²) < 4.78 is 0. The summed E-state index contributed by atoms with van der Waals surface area (Å²) in [5.74, 6) is 0.663. The second kappa shape index (κ2) is 5.57. The van der Waals surface area contributed by atoms with Gasteiger partial charge in [0.05, 0.1) is 11.3 Å².